The van der Waals surface area contributed by atoms with E-state index in [1.54, 1.807) is 0 Å². The van der Waals surface area contributed by atoms with E-state index in [1.165, 1.54) is 6.42 Å². The van der Waals surface area contributed by atoms with Crippen LogP contribution in [0, 0.1) is 0 Å². The van der Waals surface area contributed by atoms with Gasteiger partial charge in [-0.1, -0.05) is 13.8 Å². The van der Waals surface area contributed by atoms with Crippen molar-refractivity contribution in [2.24, 2.45) is 5.73 Å². The number of hydrogen-bond donors (Lipinski definition) is 1. The van der Waals surface area contributed by atoms with Crippen molar-refractivity contribution < 1.29 is 0 Å². The Morgan fingerprint density at radius 1 is 1.17 bits per heavy atom. The molecule has 0 aliphatic heterocycles. The van der Waals surface area contributed by atoms with Gasteiger partial charge in [0.05, 0.1) is 0 Å². The number of rotatable bonds is 5. The molecule has 0 saturated carbocycles. The molecule has 0 aliphatic carbocycles. The van der Waals surface area contributed by atoms with E-state index in [-0.39, 0.29) is 6.04 Å². The van der Waals surface area contributed by atoms with Gasteiger partial charge in [0.2, 0.25) is 0 Å². The Hall–Kier alpha value is -0.0800. The first kappa shape index (κ1) is 11.9. The lowest BCUT2D eigenvalue weighted by Gasteiger charge is -2.35. The minimum Gasteiger partial charge on any atom is -0.327 e. The molecule has 0 aromatic heterocycles. The predicted octanol–water partition coefficient (Wildman–Crippen LogP) is 1.84. The average molecular weight is 172 g/mol. The summed E-state index contributed by atoms with van der Waals surface area (Å²) in [7, 11) is 0. The molecule has 0 heterocycles. The lowest BCUT2D eigenvalue weighted by atomic mass is 10.1. The highest BCUT2D eigenvalue weighted by Crippen LogP contribution is 2.09. The van der Waals surface area contributed by atoms with Crippen molar-refractivity contribution in [3.05, 3.63) is 0 Å². The van der Waals surface area contributed by atoms with Gasteiger partial charge < -0.3 is 5.73 Å². The first-order valence-corrected chi connectivity index (χ1v) is 5.05. The molecule has 0 amide bonds. The minimum absolute atomic E-state index is 0.263. The van der Waals surface area contributed by atoms with Crippen LogP contribution in [0.3, 0.4) is 0 Å². The largest absolute Gasteiger partial charge is 0.327 e. The van der Waals surface area contributed by atoms with E-state index in [1.807, 2.05) is 0 Å². The van der Waals surface area contributed by atoms with Gasteiger partial charge in [-0.05, 0) is 33.7 Å². The van der Waals surface area contributed by atoms with E-state index in [9.17, 15) is 0 Å². The van der Waals surface area contributed by atoms with Crippen molar-refractivity contribution >= 4 is 0 Å². The van der Waals surface area contributed by atoms with Gasteiger partial charge in [-0.2, -0.15) is 0 Å². The summed E-state index contributed by atoms with van der Waals surface area (Å²) in [5.74, 6) is 0. The highest BCUT2D eigenvalue weighted by Gasteiger charge is 2.19. The Labute approximate surface area is 77.1 Å². The van der Waals surface area contributed by atoms with Crippen molar-refractivity contribution in [2.75, 3.05) is 6.54 Å². The summed E-state index contributed by atoms with van der Waals surface area (Å²) in [5, 5.41) is 0. The maximum atomic E-state index is 5.86. The highest BCUT2D eigenvalue weighted by atomic mass is 15.2. The van der Waals surface area contributed by atoms with Gasteiger partial charge in [-0.3, -0.25) is 4.90 Å². The molecule has 12 heavy (non-hydrogen) atoms. The summed E-state index contributed by atoms with van der Waals surface area (Å²) in [6, 6.07) is 1.40. The van der Waals surface area contributed by atoms with Crippen LogP contribution in [0.25, 0.3) is 0 Å². The summed E-state index contributed by atoms with van der Waals surface area (Å²) in [4.78, 5) is 2.46. The molecule has 0 rings (SSSR count). The van der Waals surface area contributed by atoms with Gasteiger partial charge in [0, 0.05) is 18.1 Å². The fourth-order valence-corrected chi connectivity index (χ4v) is 1.54. The van der Waals surface area contributed by atoms with Crippen LogP contribution in [0.2, 0.25) is 0 Å². The van der Waals surface area contributed by atoms with Crippen molar-refractivity contribution in [1.82, 2.24) is 4.90 Å². The average Bonchev–Trinajstić information content (AvgIpc) is 2.05. The molecule has 0 aromatic rings. The normalized spacial score (nSPS) is 19.2. The molecule has 0 radical (unpaired) electrons. The molecule has 0 spiro atoms. The van der Waals surface area contributed by atoms with E-state index in [2.05, 4.69) is 39.5 Å². The molecule has 0 aliphatic rings. The number of nitrogens with zero attached hydrogens (tertiary/aromatic N) is 1. The van der Waals surface area contributed by atoms with E-state index >= 15 is 0 Å². The Bertz CT molecular complexity index is 112. The zero-order valence-electron chi connectivity index (χ0n) is 9.17. The molecule has 2 nitrogen and oxygen atoms in total. The summed E-state index contributed by atoms with van der Waals surface area (Å²) in [6.07, 6.45) is 1.20. The van der Waals surface area contributed by atoms with Crippen LogP contribution < -0.4 is 5.73 Å². The molecule has 0 aromatic carbocycles. The first-order valence-electron chi connectivity index (χ1n) is 5.05. The summed E-state index contributed by atoms with van der Waals surface area (Å²) in [5.41, 5.74) is 5.86. The number of nitrogens with two attached hydrogens (primary N) is 1. The molecule has 2 N–H and O–H groups in total. The lowest BCUT2D eigenvalue weighted by Crippen LogP contribution is -2.48. The SMILES string of the molecule is CCC(C)N(CC)C(C)C(C)N. The van der Waals surface area contributed by atoms with Crippen LogP contribution in [0.15, 0.2) is 0 Å². The molecule has 3 atom stereocenters. The van der Waals surface area contributed by atoms with Crippen molar-refractivity contribution in [3.63, 3.8) is 0 Å². The van der Waals surface area contributed by atoms with E-state index < -0.39 is 0 Å². The maximum absolute atomic E-state index is 5.86. The Morgan fingerprint density at radius 3 is 1.92 bits per heavy atom. The fraction of sp³-hybridized carbons (Fsp3) is 1.00. The molecule has 74 valence electrons. The summed E-state index contributed by atoms with van der Waals surface area (Å²) < 4.78 is 0. The number of hydrogen-bond acceptors (Lipinski definition) is 2. The van der Waals surface area contributed by atoms with Crippen LogP contribution in [0.5, 0.6) is 0 Å². The predicted molar refractivity (Wildman–Crippen MR) is 55.2 cm³/mol. The third kappa shape index (κ3) is 3.11. The highest BCUT2D eigenvalue weighted by molar-refractivity contribution is 4.77. The van der Waals surface area contributed by atoms with Gasteiger partial charge >= 0.3 is 0 Å². The van der Waals surface area contributed by atoms with Crippen molar-refractivity contribution in [3.8, 4) is 0 Å². The van der Waals surface area contributed by atoms with Crippen LogP contribution in [-0.4, -0.2) is 29.6 Å². The van der Waals surface area contributed by atoms with Crippen molar-refractivity contribution in [1.29, 1.82) is 0 Å². The molecular formula is C10H24N2. The van der Waals surface area contributed by atoms with Gasteiger partial charge in [-0.25, -0.2) is 0 Å². The second-order valence-electron chi connectivity index (χ2n) is 3.69. The quantitative estimate of drug-likeness (QED) is 0.685. The second kappa shape index (κ2) is 5.55. The topological polar surface area (TPSA) is 29.3 Å². The second-order valence-corrected chi connectivity index (χ2v) is 3.69. The van der Waals surface area contributed by atoms with Crippen LogP contribution in [-0.2, 0) is 0 Å². The summed E-state index contributed by atoms with van der Waals surface area (Å²) in [6.45, 7) is 12.1. The Kier molecular flexibility index (Phi) is 5.51. The number of likely N-dealkylation sites (N-methyl/N-ethyl adjacent to an activating group) is 1. The molecule has 2 heteroatoms. The van der Waals surface area contributed by atoms with E-state index in [0.717, 1.165) is 6.54 Å². The monoisotopic (exact) mass is 172 g/mol. The van der Waals surface area contributed by atoms with Gasteiger partial charge in [-0.15, -0.1) is 0 Å². The van der Waals surface area contributed by atoms with Gasteiger partial charge in [0.15, 0.2) is 0 Å². The first-order chi connectivity index (χ1) is 5.54. The summed E-state index contributed by atoms with van der Waals surface area (Å²) >= 11 is 0. The molecule has 0 fully saturated rings. The third-order valence-corrected chi connectivity index (χ3v) is 2.81. The molecule has 0 saturated heterocycles. The van der Waals surface area contributed by atoms with Gasteiger partial charge in [0.25, 0.3) is 0 Å². The van der Waals surface area contributed by atoms with Crippen LogP contribution >= 0.6 is 0 Å². The van der Waals surface area contributed by atoms with Crippen molar-refractivity contribution in [2.45, 2.75) is 59.2 Å². The minimum atomic E-state index is 0.263. The smallest absolute Gasteiger partial charge is 0.0218 e. The van der Waals surface area contributed by atoms with E-state index in [0.29, 0.717) is 12.1 Å². The molecular weight excluding hydrogens is 148 g/mol. The lowest BCUT2D eigenvalue weighted by molar-refractivity contribution is 0.143. The zero-order chi connectivity index (χ0) is 9.72. The Balaban J connectivity index is 4.13. The maximum Gasteiger partial charge on any atom is 0.0218 e. The molecule has 3 unspecified atom stereocenters. The molecule has 0 bridgehead atoms. The van der Waals surface area contributed by atoms with Crippen LogP contribution in [0.1, 0.15) is 41.0 Å². The van der Waals surface area contributed by atoms with E-state index in [4.69, 9.17) is 5.73 Å². The van der Waals surface area contributed by atoms with Crippen LogP contribution in [0.4, 0.5) is 0 Å². The third-order valence-electron chi connectivity index (χ3n) is 2.81. The standard InChI is InChI=1S/C10H24N2/c1-6-8(3)12(7-2)10(5)9(4)11/h8-10H,6-7,11H2,1-5H3. The fourth-order valence-electron chi connectivity index (χ4n) is 1.54. The Morgan fingerprint density at radius 2 is 1.67 bits per heavy atom. The zero-order valence-corrected chi connectivity index (χ0v) is 9.17. The van der Waals surface area contributed by atoms with Gasteiger partial charge in [0.1, 0.15) is 0 Å².